The van der Waals surface area contributed by atoms with Crippen LogP contribution < -0.4 is 5.32 Å². The molecule has 8 heteroatoms. The first-order valence-electron chi connectivity index (χ1n) is 10.2. The third-order valence-electron chi connectivity index (χ3n) is 5.15. The number of nitrogens with one attached hydrogen (secondary N) is 1. The van der Waals surface area contributed by atoms with E-state index in [1.807, 2.05) is 46.0 Å². The molecular formula is C22H24N4O3S. The summed E-state index contributed by atoms with van der Waals surface area (Å²) in [6, 6.07) is 9.38. The van der Waals surface area contributed by atoms with Gasteiger partial charge in [-0.05, 0) is 48.4 Å². The molecule has 0 aliphatic carbocycles. The lowest BCUT2D eigenvalue weighted by atomic mass is 10.1. The normalized spacial score (nSPS) is 13.9. The van der Waals surface area contributed by atoms with Gasteiger partial charge in [0.1, 0.15) is 0 Å². The Morgan fingerprint density at radius 2 is 1.90 bits per heavy atom. The van der Waals surface area contributed by atoms with Crippen molar-refractivity contribution in [3.05, 3.63) is 58.1 Å². The number of piperidine rings is 1. The van der Waals surface area contributed by atoms with Gasteiger partial charge in [0, 0.05) is 49.0 Å². The number of rotatable bonds is 7. The van der Waals surface area contributed by atoms with Crippen molar-refractivity contribution in [1.29, 1.82) is 0 Å². The van der Waals surface area contributed by atoms with E-state index in [1.165, 1.54) is 6.42 Å². The van der Waals surface area contributed by atoms with Crippen LogP contribution in [-0.2, 0) is 17.8 Å². The van der Waals surface area contributed by atoms with Gasteiger partial charge in [0.2, 0.25) is 17.6 Å². The minimum absolute atomic E-state index is 0.0845. The molecule has 7 nitrogen and oxygen atoms in total. The van der Waals surface area contributed by atoms with Gasteiger partial charge in [0.25, 0.3) is 5.91 Å². The Morgan fingerprint density at radius 1 is 1.10 bits per heavy atom. The third kappa shape index (κ3) is 5.13. The van der Waals surface area contributed by atoms with Crippen molar-refractivity contribution < 1.29 is 14.1 Å². The number of thiophene rings is 1. The first kappa shape index (κ1) is 20.3. The number of amides is 2. The number of nitrogens with zero attached hydrogens (tertiary/aromatic N) is 3. The van der Waals surface area contributed by atoms with Gasteiger partial charge in [-0.1, -0.05) is 17.3 Å². The molecule has 1 saturated heterocycles. The molecule has 30 heavy (non-hydrogen) atoms. The van der Waals surface area contributed by atoms with Crippen molar-refractivity contribution in [1.82, 2.24) is 20.4 Å². The molecule has 2 amide bonds. The van der Waals surface area contributed by atoms with Crippen LogP contribution in [-0.4, -0.2) is 39.9 Å². The number of aromatic nitrogens is 2. The molecule has 156 valence electrons. The molecule has 0 spiro atoms. The fraction of sp³-hybridized carbons (Fsp3) is 0.364. The zero-order chi connectivity index (χ0) is 20.8. The summed E-state index contributed by atoms with van der Waals surface area (Å²) < 4.78 is 5.21. The summed E-state index contributed by atoms with van der Waals surface area (Å²) >= 11 is 1.57. The van der Waals surface area contributed by atoms with E-state index in [0.717, 1.165) is 37.1 Å². The second kappa shape index (κ2) is 9.67. The predicted molar refractivity (Wildman–Crippen MR) is 114 cm³/mol. The molecule has 1 aliphatic heterocycles. The van der Waals surface area contributed by atoms with Gasteiger partial charge >= 0.3 is 0 Å². The second-order valence-corrected chi connectivity index (χ2v) is 8.13. The van der Waals surface area contributed by atoms with Crippen molar-refractivity contribution >= 4 is 23.2 Å². The summed E-state index contributed by atoms with van der Waals surface area (Å²) in [6.45, 7) is 2.10. The summed E-state index contributed by atoms with van der Waals surface area (Å²) in [6.07, 6.45) is 4.02. The molecule has 0 saturated carbocycles. The maximum absolute atomic E-state index is 12.5. The number of hydrogen-bond donors (Lipinski definition) is 1. The molecular weight excluding hydrogens is 400 g/mol. The zero-order valence-electron chi connectivity index (χ0n) is 16.7. The molecule has 3 heterocycles. The Labute approximate surface area is 179 Å². The maximum atomic E-state index is 12.5. The van der Waals surface area contributed by atoms with Crippen molar-refractivity contribution in [2.45, 2.75) is 38.6 Å². The van der Waals surface area contributed by atoms with Crippen molar-refractivity contribution in [2.24, 2.45) is 0 Å². The SMILES string of the molecule is O=C(CCc1nc(-c2ccsc2)no1)NCc1ccc(C(=O)N2CCCCC2)cc1. The first-order valence-corrected chi connectivity index (χ1v) is 11.1. The first-order chi connectivity index (χ1) is 14.7. The lowest BCUT2D eigenvalue weighted by Crippen LogP contribution is -2.35. The summed E-state index contributed by atoms with van der Waals surface area (Å²) in [7, 11) is 0. The highest BCUT2D eigenvalue weighted by Crippen LogP contribution is 2.19. The van der Waals surface area contributed by atoms with Crippen LogP contribution in [0.25, 0.3) is 11.4 Å². The second-order valence-electron chi connectivity index (χ2n) is 7.35. The van der Waals surface area contributed by atoms with E-state index >= 15 is 0 Å². The molecule has 0 unspecified atom stereocenters. The van der Waals surface area contributed by atoms with Crippen LogP contribution in [0.1, 0.15) is 47.5 Å². The zero-order valence-corrected chi connectivity index (χ0v) is 17.5. The Bertz CT molecular complexity index is 976. The van der Waals surface area contributed by atoms with Crippen molar-refractivity contribution in [2.75, 3.05) is 13.1 Å². The lowest BCUT2D eigenvalue weighted by Gasteiger charge is -2.26. The minimum atomic E-state index is -0.0845. The molecule has 2 aromatic heterocycles. The maximum Gasteiger partial charge on any atom is 0.253 e. The summed E-state index contributed by atoms with van der Waals surface area (Å²) in [5.41, 5.74) is 2.57. The van der Waals surface area contributed by atoms with Gasteiger partial charge in [-0.3, -0.25) is 9.59 Å². The van der Waals surface area contributed by atoms with E-state index < -0.39 is 0 Å². The van der Waals surface area contributed by atoms with Crippen LogP contribution in [0.2, 0.25) is 0 Å². The fourth-order valence-corrected chi connectivity index (χ4v) is 4.05. The molecule has 3 aromatic rings. The predicted octanol–water partition coefficient (Wildman–Crippen LogP) is 3.67. The van der Waals surface area contributed by atoms with E-state index in [9.17, 15) is 9.59 Å². The number of carbonyl (C=O) groups excluding carboxylic acids is 2. The highest BCUT2D eigenvalue weighted by Gasteiger charge is 2.18. The van der Waals surface area contributed by atoms with Crippen LogP contribution in [0.3, 0.4) is 0 Å². The molecule has 0 atom stereocenters. The number of aryl methyl sites for hydroxylation is 1. The highest BCUT2D eigenvalue weighted by molar-refractivity contribution is 7.08. The summed E-state index contributed by atoms with van der Waals surface area (Å²) in [4.78, 5) is 30.9. The van der Waals surface area contributed by atoms with Gasteiger partial charge in [0.05, 0.1) is 0 Å². The van der Waals surface area contributed by atoms with E-state index in [0.29, 0.717) is 30.2 Å². The van der Waals surface area contributed by atoms with Crippen LogP contribution in [0.5, 0.6) is 0 Å². The van der Waals surface area contributed by atoms with Gasteiger partial charge < -0.3 is 14.7 Å². The van der Waals surface area contributed by atoms with Gasteiger partial charge in [-0.25, -0.2) is 0 Å². The Kier molecular flexibility index (Phi) is 6.53. The van der Waals surface area contributed by atoms with Gasteiger partial charge in [0.15, 0.2) is 0 Å². The average molecular weight is 425 g/mol. The topological polar surface area (TPSA) is 88.3 Å². The van der Waals surface area contributed by atoms with E-state index in [-0.39, 0.29) is 18.2 Å². The Balaban J connectivity index is 1.22. The molecule has 1 fully saturated rings. The summed E-state index contributed by atoms with van der Waals surface area (Å²) in [5.74, 6) is 1.00. The number of likely N-dealkylation sites (tertiary alicyclic amines) is 1. The van der Waals surface area contributed by atoms with Crippen molar-refractivity contribution in [3.8, 4) is 11.4 Å². The quantitative estimate of drug-likeness (QED) is 0.625. The standard InChI is InChI=1S/C22H24N4O3S/c27-19(8-9-20-24-21(25-29-20)18-10-13-30-15-18)23-14-16-4-6-17(7-5-16)22(28)26-11-2-1-3-12-26/h4-7,10,13,15H,1-3,8-9,11-12,14H2,(H,23,27). The molecule has 0 radical (unpaired) electrons. The third-order valence-corrected chi connectivity index (χ3v) is 5.83. The van der Waals surface area contributed by atoms with Crippen LogP contribution in [0.15, 0.2) is 45.6 Å². The molecule has 0 bridgehead atoms. The Hall–Kier alpha value is -3.00. The van der Waals surface area contributed by atoms with Crippen molar-refractivity contribution in [3.63, 3.8) is 0 Å². The molecule has 1 aromatic carbocycles. The van der Waals surface area contributed by atoms with Crippen LogP contribution in [0, 0.1) is 0 Å². The molecule has 4 rings (SSSR count). The van der Waals surface area contributed by atoms with Crippen LogP contribution in [0.4, 0.5) is 0 Å². The smallest absolute Gasteiger partial charge is 0.253 e. The summed E-state index contributed by atoms with van der Waals surface area (Å²) in [5, 5.41) is 10.7. The number of benzene rings is 1. The molecule has 1 N–H and O–H groups in total. The lowest BCUT2D eigenvalue weighted by molar-refractivity contribution is -0.121. The highest BCUT2D eigenvalue weighted by atomic mass is 32.1. The average Bonchev–Trinajstić information content (AvgIpc) is 3.49. The van der Waals surface area contributed by atoms with E-state index in [1.54, 1.807) is 11.3 Å². The van der Waals surface area contributed by atoms with E-state index in [4.69, 9.17) is 4.52 Å². The van der Waals surface area contributed by atoms with Crippen LogP contribution >= 0.6 is 11.3 Å². The van der Waals surface area contributed by atoms with Gasteiger partial charge in [-0.2, -0.15) is 16.3 Å². The minimum Gasteiger partial charge on any atom is -0.352 e. The molecule has 1 aliphatic rings. The number of hydrogen-bond acceptors (Lipinski definition) is 6. The largest absolute Gasteiger partial charge is 0.352 e. The van der Waals surface area contributed by atoms with E-state index in [2.05, 4.69) is 15.5 Å². The fourth-order valence-electron chi connectivity index (χ4n) is 3.42. The number of carbonyl (C=O) groups is 2. The Morgan fingerprint density at radius 3 is 2.63 bits per heavy atom. The monoisotopic (exact) mass is 424 g/mol. The van der Waals surface area contributed by atoms with Gasteiger partial charge in [-0.15, -0.1) is 0 Å².